The Morgan fingerprint density at radius 3 is 2.42 bits per heavy atom. The summed E-state index contributed by atoms with van der Waals surface area (Å²) in [5.41, 5.74) is 3.31. The molecule has 0 saturated carbocycles. The minimum atomic E-state index is -0.527. The highest BCUT2D eigenvalue weighted by atomic mass is 35.5. The minimum Gasteiger partial charge on any atom is -0.490 e. The molecule has 5 nitrogen and oxygen atoms in total. The second kappa shape index (κ2) is 11.2. The normalized spacial score (nSPS) is 11.1. The molecule has 6 heteroatoms. The van der Waals surface area contributed by atoms with E-state index in [-0.39, 0.29) is 11.7 Å². The predicted molar refractivity (Wildman–Crippen MR) is 131 cm³/mol. The highest BCUT2D eigenvalue weighted by Gasteiger charge is 2.13. The molecule has 168 valence electrons. The zero-order valence-corrected chi connectivity index (χ0v) is 19.5. The number of nitriles is 1. The average Bonchev–Trinajstić information content (AvgIpc) is 2.79. The lowest BCUT2D eigenvalue weighted by Gasteiger charge is -2.13. The van der Waals surface area contributed by atoms with Crippen LogP contribution in [-0.2, 0) is 11.4 Å². The number of ether oxygens (including phenoxy) is 2. The molecule has 0 aliphatic heterocycles. The first kappa shape index (κ1) is 23.9. The minimum absolute atomic E-state index is 0.0643. The monoisotopic (exact) mass is 460 g/mol. The summed E-state index contributed by atoms with van der Waals surface area (Å²) in [6.45, 7) is 6.29. The summed E-state index contributed by atoms with van der Waals surface area (Å²) >= 11 is 6.10. The quantitative estimate of drug-likeness (QED) is 0.305. The molecule has 1 amide bonds. The number of hydrogen-bond acceptors (Lipinski definition) is 4. The third-order valence-electron chi connectivity index (χ3n) is 4.64. The fourth-order valence-corrected chi connectivity index (χ4v) is 3.16. The molecule has 1 N–H and O–H groups in total. The number of halogens is 1. The molecule has 0 radical (unpaired) electrons. The van der Waals surface area contributed by atoms with Crippen LogP contribution in [0, 0.1) is 18.3 Å². The first-order valence-corrected chi connectivity index (χ1v) is 10.9. The van der Waals surface area contributed by atoms with Gasteiger partial charge < -0.3 is 14.8 Å². The van der Waals surface area contributed by atoms with Crippen molar-refractivity contribution in [3.8, 4) is 17.6 Å². The van der Waals surface area contributed by atoms with E-state index in [1.54, 1.807) is 42.5 Å². The summed E-state index contributed by atoms with van der Waals surface area (Å²) in [7, 11) is 0. The Hall–Kier alpha value is -3.75. The average molecular weight is 461 g/mol. The Morgan fingerprint density at radius 1 is 1.09 bits per heavy atom. The third-order valence-corrected chi connectivity index (χ3v) is 4.87. The van der Waals surface area contributed by atoms with E-state index in [9.17, 15) is 10.1 Å². The Balaban J connectivity index is 1.67. The second-order valence-electron chi connectivity index (χ2n) is 7.77. The number of carbonyl (C=O) groups excluding carboxylic acids is 1. The van der Waals surface area contributed by atoms with Gasteiger partial charge in [-0.15, -0.1) is 0 Å². The van der Waals surface area contributed by atoms with Crippen molar-refractivity contribution >= 4 is 29.3 Å². The molecule has 0 aliphatic carbocycles. The maximum Gasteiger partial charge on any atom is 0.266 e. The molecule has 0 fully saturated rings. The van der Waals surface area contributed by atoms with Crippen molar-refractivity contribution in [1.82, 2.24) is 0 Å². The summed E-state index contributed by atoms with van der Waals surface area (Å²) in [5.74, 6) is 0.699. The first-order chi connectivity index (χ1) is 15.8. The molecule has 3 rings (SSSR count). The van der Waals surface area contributed by atoms with Crippen molar-refractivity contribution in [3.05, 3.63) is 94.0 Å². The molecule has 0 bridgehead atoms. The second-order valence-corrected chi connectivity index (χ2v) is 8.21. The summed E-state index contributed by atoms with van der Waals surface area (Å²) in [6, 6.07) is 22.1. The molecule has 0 unspecified atom stereocenters. The lowest BCUT2D eigenvalue weighted by Crippen LogP contribution is -2.13. The van der Waals surface area contributed by atoms with E-state index in [4.69, 9.17) is 21.1 Å². The van der Waals surface area contributed by atoms with Gasteiger partial charge in [0.15, 0.2) is 0 Å². The fourth-order valence-electron chi connectivity index (χ4n) is 2.98. The largest absolute Gasteiger partial charge is 0.490 e. The van der Waals surface area contributed by atoms with Crippen LogP contribution in [0.25, 0.3) is 6.08 Å². The lowest BCUT2D eigenvalue weighted by molar-refractivity contribution is -0.112. The molecular formula is C27H25ClN2O3. The molecule has 0 aromatic heterocycles. The molecule has 3 aromatic rings. The number of hydrogen-bond donors (Lipinski definition) is 1. The first-order valence-electron chi connectivity index (χ1n) is 10.5. The Bertz CT molecular complexity index is 1180. The standard InChI is InChI=1S/C27H25ClN2O3/c1-18(2)33-26-13-8-23(28)15-21(26)14-22(16-29)27(31)30-24-9-11-25(12-10-24)32-17-20-6-4-19(3)5-7-20/h4-15,18H,17H2,1-3H3,(H,30,31)/b22-14+. The maximum absolute atomic E-state index is 12.7. The highest BCUT2D eigenvalue weighted by molar-refractivity contribution is 6.30. The predicted octanol–water partition coefficient (Wildman–Crippen LogP) is 6.56. The van der Waals surface area contributed by atoms with E-state index in [1.165, 1.54) is 11.6 Å². The number of nitrogens with zero attached hydrogens (tertiary/aromatic N) is 1. The number of anilines is 1. The van der Waals surface area contributed by atoms with E-state index in [2.05, 4.69) is 5.32 Å². The number of benzene rings is 3. The van der Waals surface area contributed by atoms with Crippen LogP contribution in [0.5, 0.6) is 11.5 Å². The van der Waals surface area contributed by atoms with Gasteiger partial charge in [-0.3, -0.25) is 4.79 Å². The Morgan fingerprint density at radius 2 is 1.79 bits per heavy atom. The summed E-state index contributed by atoms with van der Waals surface area (Å²) in [5, 5.41) is 12.8. The van der Waals surface area contributed by atoms with Crippen LogP contribution >= 0.6 is 11.6 Å². The fraction of sp³-hybridized carbons (Fsp3) is 0.185. The van der Waals surface area contributed by atoms with Gasteiger partial charge in [-0.05, 0) is 74.9 Å². The summed E-state index contributed by atoms with van der Waals surface area (Å²) in [4.78, 5) is 12.7. The third kappa shape index (κ3) is 7.13. The van der Waals surface area contributed by atoms with Gasteiger partial charge in [0.2, 0.25) is 0 Å². The number of carbonyl (C=O) groups is 1. The summed E-state index contributed by atoms with van der Waals surface area (Å²) in [6.07, 6.45) is 1.40. The van der Waals surface area contributed by atoms with Crippen molar-refractivity contribution in [2.24, 2.45) is 0 Å². The Kier molecular flexibility index (Phi) is 8.12. The van der Waals surface area contributed by atoms with Crippen LogP contribution in [-0.4, -0.2) is 12.0 Å². The van der Waals surface area contributed by atoms with Crippen molar-refractivity contribution in [2.75, 3.05) is 5.32 Å². The van der Waals surface area contributed by atoms with Crippen molar-refractivity contribution in [2.45, 2.75) is 33.5 Å². The van der Waals surface area contributed by atoms with Crippen LogP contribution in [0.1, 0.15) is 30.5 Å². The summed E-state index contributed by atoms with van der Waals surface area (Å²) < 4.78 is 11.6. The van der Waals surface area contributed by atoms with E-state index in [0.717, 1.165) is 5.56 Å². The molecular weight excluding hydrogens is 436 g/mol. The number of amides is 1. The molecule has 0 aliphatic rings. The number of nitrogens with one attached hydrogen (secondary N) is 1. The molecule has 0 saturated heterocycles. The van der Waals surface area contributed by atoms with Gasteiger partial charge >= 0.3 is 0 Å². The van der Waals surface area contributed by atoms with Crippen LogP contribution in [0.15, 0.2) is 72.3 Å². The van der Waals surface area contributed by atoms with Crippen LogP contribution in [0.3, 0.4) is 0 Å². The smallest absolute Gasteiger partial charge is 0.266 e. The van der Waals surface area contributed by atoms with Gasteiger partial charge in [-0.25, -0.2) is 0 Å². The van der Waals surface area contributed by atoms with Crippen LogP contribution < -0.4 is 14.8 Å². The van der Waals surface area contributed by atoms with Gasteiger partial charge in [-0.2, -0.15) is 5.26 Å². The number of rotatable bonds is 8. The van der Waals surface area contributed by atoms with E-state index in [0.29, 0.717) is 34.4 Å². The zero-order chi connectivity index (χ0) is 23.8. The van der Waals surface area contributed by atoms with E-state index in [1.807, 2.05) is 51.1 Å². The van der Waals surface area contributed by atoms with E-state index >= 15 is 0 Å². The van der Waals surface area contributed by atoms with Gasteiger partial charge in [0.1, 0.15) is 29.7 Å². The topological polar surface area (TPSA) is 71.3 Å². The van der Waals surface area contributed by atoms with Crippen molar-refractivity contribution in [3.63, 3.8) is 0 Å². The molecule has 0 spiro atoms. The molecule has 33 heavy (non-hydrogen) atoms. The number of aryl methyl sites for hydroxylation is 1. The molecule has 0 atom stereocenters. The SMILES string of the molecule is Cc1ccc(COc2ccc(NC(=O)/C(C#N)=C/c3cc(Cl)ccc3OC(C)C)cc2)cc1. The van der Waals surface area contributed by atoms with Gasteiger partial charge in [0.25, 0.3) is 5.91 Å². The molecule has 0 heterocycles. The zero-order valence-electron chi connectivity index (χ0n) is 18.8. The van der Waals surface area contributed by atoms with Crippen LogP contribution in [0.2, 0.25) is 5.02 Å². The van der Waals surface area contributed by atoms with Gasteiger partial charge in [0.05, 0.1) is 6.10 Å². The van der Waals surface area contributed by atoms with Crippen LogP contribution in [0.4, 0.5) is 5.69 Å². The molecule has 3 aromatic carbocycles. The van der Waals surface area contributed by atoms with E-state index < -0.39 is 5.91 Å². The van der Waals surface area contributed by atoms with Gasteiger partial charge in [0, 0.05) is 16.3 Å². The highest BCUT2D eigenvalue weighted by Crippen LogP contribution is 2.27. The van der Waals surface area contributed by atoms with Crippen molar-refractivity contribution < 1.29 is 14.3 Å². The van der Waals surface area contributed by atoms with Gasteiger partial charge in [-0.1, -0.05) is 41.4 Å². The Labute approximate surface area is 199 Å². The lowest BCUT2D eigenvalue weighted by atomic mass is 10.1. The maximum atomic E-state index is 12.7. The van der Waals surface area contributed by atoms with Crippen molar-refractivity contribution in [1.29, 1.82) is 5.26 Å².